The summed E-state index contributed by atoms with van der Waals surface area (Å²) in [5.41, 5.74) is 6.55. The van der Waals surface area contributed by atoms with Gasteiger partial charge in [-0.1, -0.05) is 0 Å². The molecule has 0 aliphatic carbocycles. The molecule has 2 aromatic heterocycles. The monoisotopic (exact) mass is 293 g/mol. The lowest BCUT2D eigenvalue weighted by Crippen LogP contribution is -2.06. The van der Waals surface area contributed by atoms with Gasteiger partial charge in [0.1, 0.15) is 11.5 Å². The van der Waals surface area contributed by atoms with E-state index in [0.29, 0.717) is 11.5 Å². The molecule has 0 saturated heterocycles. The fraction of sp³-hybridized carbons (Fsp3) is 0.167. The van der Waals surface area contributed by atoms with E-state index < -0.39 is 0 Å². The third kappa shape index (κ3) is 3.25. The van der Waals surface area contributed by atoms with E-state index in [-0.39, 0.29) is 6.04 Å². The summed E-state index contributed by atoms with van der Waals surface area (Å²) >= 11 is 3.33. The van der Waals surface area contributed by atoms with Crippen LogP contribution >= 0.6 is 15.9 Å². The van der Waals surface area contributed by atoms with Crippen molar-refractivity contribution in [1.29, 1.82) is 0 Å². The maximum Gasteiger partial charge on any atom is 0.146 e. The summed E-state index contributed by atoms with van der Waals surface area (Å²) in [5.74, 6) is 1.32. The van der Waals surface area contributed by atoms with Gasteiger partial charge in [0.2, 0.25) is 0 Å². The summed E-state index contributed by atoms with van der Waals surface area (Å²) in [6, 6.07) is 5.46. The van der Waals surface area contributed by atoms with E-state index in [4.69, 9.17) is 10.5 Å². The van der Waals surface area contributed by atoms with Crippen molar-refractivity contribution in [3.63, 3.8) is 0 Å². The highest BCUT2D eigenvalue weighted by Gasteiger charge is 2.02. The molecule has 2 N–H and O–H groups in total. The Morgan fingerprint density at radius 2 is 2.06 bits per heavy atom. The number of hydrogen-bond acceptors (Lipinski definition) is 4. The largest absolute Gasteiger partial charge is 0.454 e. The van der Waals surface area contributed by atoms with Crippen LogP contribution in [-0.2, 0) is 0 Å². The Morgan fingerprint density at radius 1 is 1.24 bits per heavy atom. The molecule has 4 nitrogen and oxygen atoms in total. The number of rotatable bonds is 3. The first-order valence-electron chi connectivity index (χ1n) is 5.15. The van der Waals surface area contributed by atoms with Crippen molar-refractivity contribution < 1.29 is 4.74 Å². The van der Waals surface area contributed by atoms with Crippen molar-refractivity contribution in [1.82, 2.24) is 9.97 Å². The number of halogens is 1. The van der Waals surface area contributed by atoms with Gasteiger partial charge in [0.05, 0.1) is 18.1 Å². The van der Waals surface area contributed by atoms with Crippen LogP contribution < -0.4 is 10.5 Å². The molecule has 5 heteroatoms. The van der Waals surface area contributed by atoms with Crippen LogP contribution in [0.15, 0.2) is 41.3 Å². The normalized spacial score (nSPS) is 12.2. The molecule has 0 radical (unpaired) electrons. The average molecular weight is 294 g/mol. The van der Waals surface area contributed by atoms with Crippen molar-refractivity contribution in [2.24, 2.45) is 5.73 Å². The van der Waals surface area contributed by atoms with Gasteiger partial charge < -0.3 is 10.5 Å². The molecule has 0 aliphatic heterocycles. The average Bonchev–Trinajstić information content (AvgIpc) is 2.29. The van der Waals surface area contributed by atoms with Crippen LogP contribution in [0.25, 0.3) is 0 Å². The second-order valence-corrected chi connectivity index (χ2v) is 4.56. The van der Waals surface area contributed by atoms with E-state index in [9.17, 15) is 0 Å². The maximum absolute atomic E-state index is 5.72. The van der Waals surface area contributed by atoms with Crippen LogP contribution in [0.3, 0.4) is 0 Å². The fourth-order valence-electron chi connectivity index (χ4n) is 1.31. The van der Waals surface area contributed by atoms with Gasteiger partial charge in [-0.25, -0.2) is 0 Å². The topological polar surface area (TPSA) is 61.0 Å². The Balaban J connectivity index is 2.14. The lowest BCUT2D eigenvalue weighted by atomic mass is 10.2. The fourth-order valence-corrected chi connectivity index (χ4v) is 1.65. The predicted molar refractivity (Wildman–Crippen MR) is 68.9 cm³/mol. The molecular formula is C12H12BrN3O. The van der Waals surface area contributed by atoms with Crippen LogP contribution in [0.5, 0.6) is 11.5 Å². The summed E-state index contributed by atoms with van der Waals surface area (Å²) in [5, 5.41) is 0. The zero-order valence-electron chi connectivity index (χ0n) is 9.30. The molecule has 1 atom stereocenters. The molecule has 0 saturated carbocycles. The third-order valence-electron chi connectivity index (χ3n) is 2.14. The van der Waals surface area contributed by atoms with E-state index in [1.54, 1.807) is 18.6 Å². The number of nitrogens with zero attached hydrogens (tertiary/aromatic N) is 2. The van der Waals surface area contributed by atoms with Gasteiger partial charge in [-0.3, -0.25) is 9.97 Å². The number of aromatic nitrogens is 2. The van der Waals surface area contributed by atoms with Crippen LogP contribution in [-0.4, -0.2) is 9.97 Å². The highest BCUT2D eigenvalue weighted by Crippen LogP contribution is 2.23. The first kappa shape index (κ1) is 12.0. The standard InChI is InChI=1S/C12H12BrN3O/c1-8(14)12-3-2-10(7-16-12)17-11-4-9(13)5-15-6-11/h2-8H,14H2,1H3/t8-/m1/s1. The van der Waals surface area contributed by atoms with Gasteiger partial charge in [0, 0.05) is 16.7 Å². The molecule has 0 spiro atoms. The van der Waals surface area contributed by atoms with Crippen molar-refractivity contribution in [2.45, 2.75) is 13.0 Å². The SMILES string of the molecule is C[C@@H](N)c1ccc(Oc2cncc(Br)c2)cn1. The Morgan fingerprint density at radius 3 is 2.65 bits per heavy atom. The summed E-state index contributed by atoms with van der Waals surface area (Å²) in [6.07, 6.45) is 4.99. The lowest BCUT2D eigenvalue weighted by molar-refractivity contribution is 0.476. The zero-order chi connectivity index (χ0) is 12.3. The Kier molecular flexibility index (Phi) is 3.71. The number of hydrogen-bond donors (Lipinski definition) is 1. The van der Waals surface area contributed by atoms with Gasteiger partial charge >= 0.3 is 0 Å². The van der Waals surface area contributed by atoms with E-state index in [0.717, 1.165) is 10.2 Å². The Labute approximate surface area is 108 Å². The van der Waals surface area contributed by atoms with Crippen LogP contribution in [0, 0.1) is 0 Å². The smallest absolute Gasteiger partial charge is 0.146 e. The van der Waals surface area contributed by atoms with Gasteiger partial charge in [0.15, 0.2) is 0 Å². The lowest BCUT2D eigenvalue weighted by Gasteiger charge is -2.07. The molecule has 0 amide bonds. The first-order valence-corrected chi connectivity index (χ1v) is 5.94. The molecule has 88 valence electrons. The van der Waals surface area contributed by atoms with Gasteiger partial charge in [0.25, 0.3) is 0 Å². The van der Waals surface area contributed by atoms with Gasteiger partial charge in [-0.15, -0.1) is 0 Å². The number of ether oxygens (including phenoxy) is 1. The van der Waals surface area contributed by atoms with Crippen LogP contribution in [0.1, 0.15) is 18.7 Å². The molecule has 0 aliphatic rings. The van der Waals surface area contributed by atoms with E-state index in [1.165, 1.54) is 0 Å². The minimum Gasteiger partial charge on any atom is -0.454 e. The summed E-state index contributed by atoms with van der Waals surface area (Å²) < 4.78 is 6.47. The van der Waals surface area contributed by atoms with Crippen LogP contribution in [0.2, 0.25) is 0 Å². The Hall–Kier alpha value is -1.46. The molecule has 0 fully saturated rings. The highest BCUT2D eigenvalue weighted by atomic mass is 79.9. The van der Waals surface area contributed by atoms with E-state index in [1.807, 2.05) is 25.1 Å². The van der Waals surface area contributed by atoms with Crippen molar-refractivity contribution >= 4 is 15.9 Å². The van der Waals surface area contributed by atoms with Gasteiger partial charge in [-0.05, 0) is 41.1 Å². The molecule has 0 aromatic carbocycles. The Bertz CT molecular complexity index is 499. The van der Waals surface area contributed by atoms with Crippen molar-refractivity contribution in [3.05, 3.63) is 47.0 Å². The number of pyridine rings is 2. The molecular weight excluding hydrogens is 282 g/mol. The molecule has 2 rings (SSSR count). The minimum atomic E-state index is -0.0726. The zero-order valence-corrected chi connectivity index (χ0v) is 10.9. The second-order valence-electron chi connectivity index (χ2n) is 3.65. The number of nitrogens with two attached hydrogens (primary N) is 1. The van der Waals surface area contributed by atoms with E-state index >= 15 is 0 Å². The quantitative estimate of drug-likeness (QED) is 0.945. The summed E-state index contributed by atoms with van der Waals surface area (Å²) in [7, 11) is 0. The maximum atomic E-state index is 5.72. The highest BCUT2D eigenvalue weighted by molar-refractivity contribution is 9.10. The van der Waals surface area contributed by atoms with Crippen molar-refractivity contribution in [3.8, 4) is 11.5 Å². The van der Waals surface area contributed by atoms with Gasteiger partial charge in [-0.2, -0.15) is 0 Å². The molecule has 17 heavy (non-hydrogen) atoms. The third-order valence-corrected chi connectivity index (χ3v) is 2.57. The minimum absolute atomic E-state index is 0.0726. The molecule has 2 heterocycles. The molecule has 0 bridgehead atoms. The molecule has 2 aromatic rings. The predicted octanol–water partition coefficient (Wildman–Crippen LogP) is 3.05. The second kappa shape index (κ2) is 5.25. The van der Waals surface area contributed by atoms with Crippen LogP contribution in [0.4, 0.5) is 0 Å². The summed E-state index contributed by atoms with van der Waals surface area (Å²) in [4.78, 5) is 8.23. The van der Waals surface area contributed by atoms with E-state index in [2.05, 4.69) is 25.9 Å². The summed E-state index contributed by atoms with van der Waals surface area (Å²) in [6.45, 7) is 1.89. The first-order chi connectivity index (χ1) is 8.15. The molecule has 0 unspecified atom stereocenters. The van der Waals surface area contributed by atoms with Crippen molar-refractivity contribution in [2.75, 3.05) is 0 Å².